The lowest BCUT2D eigenvalue weighted by atomic mass is 10.2. The third kappa shape index (κ3) is 3.82. The van der Waals surface area contributed by atoms with Gasteiger partial charge in [-0.3, -0.25) is 4.79 Å². The van der Waals surface area contributed by atoms with Crippen molar-refractivity contribution in [2.45, 2.75) is 19.4 Å². The molecule has 0 aliphatic heterocycles. The molecule has 0 fully saturated rings. The molecule has 2 aromatic rings. The van der Waals surface area contributed by atoms with Gasteiger partial charge in [0.15, 0.2) is 5.69 Å². The van der Waals surface area contributed by atoms with E-state index in [2.05, 4.69) is 10.4 Å². The highest BCUT2D eigenvalue weighted by Crippen LogP contribution is 2.14. The lowest BCUT2D eigenvalue weighted by molar-refractivity contribution is 0.0947. The van der Waals surface area contributed by atoms with Gasteiger partial charge in [0.05, 0.1) is 5.69 Å². The van der Waals surface area contributed by atoms with Crippen molar-refractivity contribution in [2.24, 2.45) is 5.73 Å². The molecule has 1 aromatic carbocycles. The van der Waals surface area contributed by atoms with Gasteiger partial charge in [0.1, 0.15) is 0 Å². The van der Waals surface area contributed by atoms with Crippen LogP contribution in [0.2, 0.25) is 5.02 Å². The van der Waals surface area contributed by atoms with Crippen molar-refractivity contribution in [3.05, 3.63) is 47.2 Å². The van der Waals surface area contributed by atoms with Crippen molar-refractivity contribution < 1.29 is 4.79 Å². The fraction of sp³-hybridized carbons (Fsp3) is 0.286. The Balaban J connectivity index is 2.03. The van der Waals surface area contributed by atoms with Gasteiger partial charge < -0.3 is 11.1 Å². The minimum Gasteiger partial charge on any atom is -0.351 e. The van der Waals surface area contributed by atoms with Crippen LogP contribution in [0.5, 0.6) is 0 Å². The standard InChI is InChI=1S/C14H17ClN4O/c1-10(16)5-7-17-14(20)13-6-8-19(18-13)12-4-2-3-11(15)9-12/h2-4,6,8-10H,5,7,16H2,1H3,(H,17,20). The minimum atomic E-state index is -0.202. The summed E-state index contributed by atoms with van der Waals surface area (Å²) >= 11 is 5.93. The first-order valence-electron chi connectivity index (χ1n) is 6.41. The largest absolute Gasteiger partial charge is 0.351 e. The number of hydrogen-bond donors (Lipinski definition) is 2. The van der Waals surface area contributed by atoms with Crippen LogP contribution in [0, 0.1) is 0 Å². The average Bonchev–Trinajstić information content (AvgIpc) is 2.87. The number of amides is 1. The zero-order valence-electron chi connectivity index (χ0n) is 11.2. The average molecular weight is 293 g/mol. The number of carbonyl (C=O) groups excluding carboxylic acids is 1. The van der Waals surface area contributed by atoms with Gasteiger partial charge in [0.2, 0.25) is 0 Å². The quantitative estimate of drug-likeness (QED) is 0.885. The summed E-state index contributed by atoms with van der Waals surface area (Å²) in [6.45, 7) is 2.44. The van der Waals surface area contributed by atoms with Crippen LogP contribution in [0.1, 0.15) is 23.8 Å². The number of nitrogens with two attached hydrogens (primary N) is 1. The van der Waals surface area contributed by atoms with Crippen LogP contribution in [0.15, 0.2) is 36.5 Å². The van der Waals surface area contributed by atoms with Gasteiger partial charge in [-0.15, -0.1) is 0 Å². The Morgan fingerprint density at radius 3 is 3.00 bits per heavy atom. The molecule has 6 heteroatoms. The topological polar surface area (TPSA) is 72.9 Å². The predicted octanol–water partition coefficient (Wildman–Crippen LogP) is 1.99. The number of aromatic nitrogens is 2. The summed E-state index contributed by atoms with van der Waals surface area (Å²) in [4.78, 5) is 11.9. The number of halogens is 1. The van der Waals surface area contributed by atoms with E-state index < -0.39 is 0 Å². The van der Waals surface area contributed by atoms with Gasteiger partial charge in [0.25, 0.3) is 5.91 Å². The molecule has 0 saturated heterocycles. The van der Waals surface area contributed by atoms with Gasteiger partial charge in [-0.05, 0) is 37.6 Å². The maximum Gasteiger partial charge on any atom is 0.271 e. The molecule has 0 saturated carbocycles. The summed E-state index contributed by atoms with van der Waals surface area (Å²) in [6.07, 6.45) is 2.47. The number of rotatable bonds is 5. The van der Waals surface area contributed by atoms with E-state index >= 15 is 0 Å². The second-order valence-electron chi connectivity index (χ2n) is 4.65. The minimum absolute atomic E-state index is 0.0688. The van der Waals surface area contributed by atoms with Gasteiger partial charge in [-0.2, -0.15) is 5.10 Å². The van der Waals surface area contributed by atoms with E-state index in [1.807, 2.05) is 19.1 Å². The molecule has 0 aliphatic rings. The molecule has 20 heavy (non-hydrogen) atoms. The smallest absolute Gasteiger partial charge is 0.271 e. The van der Waals surface area contributed by atoms with E-state index in [1.54, 1.807) is 29.1 Å². The van der Waals surface area contributed by atoms with Crippen LogP contribution in [0.3, 0.4) is 0 Å². The molecular weight excluding hydrogens is 276 g/mol. The zero-order valence-corrected chi connectivity index (χ0v) is 12.0. The van der Waals surface area contributed by atoms with Crippen molar-refractivity contribution in [3.63, 3.8) is 0 Å². The molecule has 5 nitrogen and oxygen atoms in total. The summed E-state index contributed by atoms with van der Waals surface area (Å²) in [5, 5.41) is 7.65. The molecule has 0 aliphatic carbocycles. The molecule has 2 rings (SSSR count). The van der Waals surface area contributed by atoms with E-state index in [1.165, 1.54) is 0 Å². The number of nitrogens with zero attached hydrogens (tertiary/aromatic N) is 2. The molecule has 3 N–H and O–H groups in total. The van der Waals surface area contributed by atoms with E-state index in [4.69, 9.17) is 17.3 Å². The van der Waals surface area contributed by atoms with Gasteiger partial charge in [0, 0.05) is 23.8 Å². The lowest BCUT2D eigenvalue weighted by Gasteiger charge is -2.05. The highest BCUT2D eigenvalue weighted by molar-refractivity contribution is 6.30. The van der Waals surface area contributed by atoms with Gasteiger partial charge in [-0.1, -0.05) is 17.7 Å². The maximum absolute atomic E-state index is 11.9. The Morgan fingerprint density at radius 1 is 1.50 bits per heavy atom. The van der Waals surface area contributed by atoms with Crippen LogP contribution in [-0.4, -0.2) is 28.3 Å². The Kier molecular flexibility index (Phi) is 4.76. The molecule has 0 spiro atoms. The monoisotopic (exact) mass is 292 g/mol. The molecular formula is C14H17ClN4O. The number of benzene rings is 1. The zero-order chi connectivity index (χ0) is 14.5. The lowest BCUT2D eigenvalue weighted by Crippen LogP contribution is -2.29. The van der Waals surface area contributed by atoms with Gasteiger partial charge in [-0.25, -0.2) is 4.68 Å². The summed E-state index contributed by atoms with van der Waals surface area (Å²) < 4.78 is 1.62. The van der Waals surface area contributed by atoms with E-state index in [0.717, 1.165) is 12.1 Å². The van der Waals surface area contributed by atoms with Crippen molar-refractivity contribution in [2.75, 3.05) is 6.54 Å². The molecule has 1 aromatic heterocycles. The van der Waals surface area contributed by atoms with Crippen molar-refractivity contribution in [3.8, 4) is 5.69 Å². The summed E-state index contributed by atoms with van der Waals surface area (Å²) in [7, 11) is 0. The van der Waals surface area contributed by atoms with E-state index in [-0.39, 0.29) is 11.9 Å². The summed E-state index contributed by atoms with van der Waals surface area (Å²) in [5.41, 5.74) is 6.81. The summed E-state index contributed by atoms with van der Waals surface area (Å²) in [6, 6.07) is 9.02. The predicted molar refractivity (Wildman–Crippen MR) is 79.2 cm³/mol. The normalized spacial score (nSPS) is 12.2. The van der Waals surface area contributed by atoms with Crippen molar-refractivity contribution in [1.29, 1.82) is 0 Å². The molecule has 1 atom stereocenters. The maximum atomic E-state index is 11.9. The van der Waals surface area contributed by atoms with Crippen LogP contribution in [0.4, 0.5) is 0 Å². The number of nitrogens with one attached hydrogen (secondary N) is 1. The van der Waals surface area contributed by atoms with E-state index in [0.29, 0.717) is 17.3 Å². The van der Waals surface area contributed by atoms with Crippen LogP contribution >= 0.6 is 11.6 Å². The van der Waals surface area contributed by atoms with Crippen LogP contribution in [-0.2, 0) is 0 Å². The third-order valence-electron chi connectivity index (χ3n) is 2.78. The van der Waals surface area contributed by atoms with Crippen molar-refractivity contribution >= 4 is 17.5 Å². The molecule has 1 amide bonds. The first-order chi connectivity index (χ1) is 9.56. The second-order valence-corrected chi connectivity index (χ2v) is 5.08. The second kappa shape index (κ2) is 6.54. The molecule has 1 unspecified atom stereocenters. The fourth-order valence-corrected chi connectivity index (χ4v) is 1.90. The summed E-state index contributed by atoms with van der Waals surface area (Å²) in [5.74, 6) is -0.202. The highest BCUT2D eigenvalue weighted by atomic mass is 35.5. The first-order valence-corrected chi connectivity index (χ1v) is 6.79. The Hall–Kier alpha value is -1.85. The SMILES string of the molecule is CC(N)CCNC(=O)c1ccn(-c2cccc(Cl)c2)n1. The van der Waals surface area contributed by atoms with Crippen LogP contribution in [0.25, 0.3) is 5.69 Å². The number of carbonyl (C=O) groups is 1. The molecule has 106 valence electrons. The van der Waals surface area contributed by atoms with Crippen molar-refractivity contribution in [1.82, 2.24) is 15.1 Å². The Bertz CT molecular complexity index is 594. The third-order valence-corrected chi connectivity index (χ3v) is 3.01. The molecule has 0 bridgehead atoms. The molecule has 0 radical (unpaired) electrons. The van der Waals surface area contributed by atoms with Gasteiger partial charge >= 0.3 is 0 Å². The van der Waals surface area contributed by atoms with Crippen LogP contribution < -0.4 is 11.1 Å². The first kappa shape index (κ1) is 14.6. The number of hydrogen-bond acceptors (Lipinski definition) is 3. The van der Waals surface area contributed by atoms with E-state index in [9.17, 15) is 4.79 Å². The molecule has 1 heterocycles. The fourth-order valence-electron chi connectivity index (χ4n) is 1.71. The Morgan fingerprint density at radius 2 is 2.30 bits per heavy atom. The Labute approximate surface area is 122 Å². The highest BCUT2D eigenvalue weighted by Gasteiger charge is 2.10.